The van der Waals surface area contributed by atoms with E-state index in [-0.39, 0.29) is 16.8 Å². The van der Waals surface area contributed by atoms with Crippen LogP contribution in [0, 0.1) is 11.7 Å². The third kappa shape index (κ3) is 3.51. The summed E-state index contributed by atoms with van der Waals surface area (Å²) >= 11 is 5.62. The molecule has 0 aromatic heterocycles. The summed E-state index contributed by atoms with van der Waals surface area (Å²) in [4.78, 5) is 24.4. The summed E-state index contributed by atoms with van der Waals surface area (Å²) in [6.45, 7) is 0.851. The second kappa shape index (κ2) is 6.41. The Labute approximate surface area is 126 Å². The number of rotatable bonds is 4. The first kappa shape index (κ1) is 15.7. The molecule has 21 heavy (non-hydrogen) atoms. The predicted molar refractivity (Wildman–Crippen MR) is 75.3 cm³/mol. The van der Waals surface area contributed by atoms with Gasteiger partial charge in [-0.25, -0.2) is 4.39 Å². The number of carboxylic acid groups (broad SMARTS) is 1. The Morgan fingerprint density at radius 1 is 1.38 bits per heavy atom. The monoisotopic (exact) mass is 314 g/mol. The molecule has 1 aromatic carbocycles. The highest BCUT2D eigenvalue weighted by molar-refractivity contribution is 6.30. The van der Waals surface area contributed by atoms with Gasteiger partial charge in [-0.05, 0) is 30.5 Å². The molecule has 1 aliphatic heterocycles. The Morgan fingerprint density at radius 3 is 2.48 bits per heavy atom. The van der Waals surface area contributed by atoms with Crippen molar-refractivity contribution in [3.05, 3.63) is 34.6 Å². The molecule has 1 aliphatic rings. The van der Waals surface area contributed by atoms with Gasteiger partial charge in [-0.1, -0.05) is 17.7 Å². The Kier molecular flexibility index (Phi) is 4.80. The molecule has 5 nitrogen and oxygen atoms in total. The molecule has 7 heteroatoms. The zero-order valence-electron chi connectivity index (χ0n) is 11.3. The Morgan fingerprint density at radius 2 is 2.00 bits per heavy atom. The molecule has 0 radical (unpaired) electrons. The third-order valence-electron chi connectivity index (χ3n) is 3.79. The maximum Gasteiger partial charge on any atom is 0.325 e. The first-order valence-electron chi connectivity index (χ1n) is 6.61. The number of nitrogens with zero attached hydrogens (tertiary/aromatic N) is 1. The van der Waals surface area contributed by atoms with Gasteiger partial charge < -0.3 is 10.8 Å². The average molecular weight is 315 g/mol. The van der Waals surface area contributed by atoms with Crippen molar-refractivity contribution in [1.82, 2.24) is 4.90 Å². The number of nitrogens with two attached hydrogens (primary N) is 1. The lowest BCUT2D eigenvalue weighted by atomic mass is 9.93. The molecular formula is C14H16ClFN2O3. The largest absolute Gasteiger partial charge is 0.480 e. The zero-order valence-corrected chi connectivity index (χ0v) is 12.0. The van der Waals surface area contributed by atoms with Crippen LogP contribution in [0.3, 0.4) is 0 Å². The van der Waals surface area contributed by atoms with Crippen molar-refractivity contribution in [2.24, 2.45) is 11.7 Å². The minimum atomic E-state index is -1.06. The van der Waals surface area contributed by atoms with Crippen LogP contribution in [-0.2, 0) is 9.59 Å². The second-order valence-electron chi connectivity index (χ2n) is 5.13. The number of carbonyl (C=O) groups is 2. The van der Waals surface area contributed by atoms with Gasteiger partial charge in [-0.3, -0.25) is 14.5 Å². The van der Waals surface area contributed by atoms with Crippen LogP contribution in [-0.4, -0.2) is 35.0 Å². The highest BCUT2D eigenvalue weighted by atomic mass is 35.5. The maximum absolute atomic E-state index is 13.5. The number of likely N-dealkylation sites (tertiary alicyclic amines) is 1. The molecule has 114 valence electrons. The van der Waals surface area contributed by atoms with Crippen LogP contribution in [0.15, 0.2) is 18.2 Å². The normalized spacial score (nSPS) is 18.4. The van der Waals surface area contributed by atoms with Gasteiger partial charge in [0.2, 0.25) is 5.91 Å². The minimum absolute atomic E-state index is 0.0460. The van der Waals surface area contributed by atoms with Crippen molar-refractivity contribution < 1.29 is 19.1 Å². The molecule has 0 bridgehead atoms. The molecule has 0 aliphatic carbocycles. The van der Waals surface area contributed by atoms with E-state index >= 15 is 0 Å². The molecule has 1 heterocycles. The van der Waals surface area contributed by atoms with Crippen LogP contribution in [0.1, 0.15) is 24.4 Å². The van der Waals surface area contributed by atoms with Crippen molar-refractivity contribution in [3.8, 4) is 0 Å². The highest BCUT2D eigenvalue weighted by Gasteiger charge is 2.32. The Bertz CT molecular complexity index is 559. The number of carbonyl (C=O) groups excluding carboxylic acids is 1. The van der Waals surface area contributed by atoms with Crippen LogP contribution in [0.4, 0.5) is 4.39 Å². The lowest BCUT2D eigenvalue weighted by molar-refractivity contribution is -0.144. The standard InChI is InChI=1S/C14H16ClFN2O3/c15-10-2-1-9(7-11(10)16)12(14(20)21)18-5-3-8(4-6-18)13(17)19/h1-2,7-8,12H,3-6H2,(H2,17,19)(H,20,21)/t12-/m1/s1. The SMILES string of the molecule is NC(=O)C1CCN([C@@H](C(=O)O)c2ccc(Cl)c(F)c2)CC1. The van der Waals surface area contributed by atoms with Crippen molar-refractivity contribution in [2.75, 3.05) is 13.1 Å². The molecule has 1 atom stereocenters. The average Bonchev–Trinajstić information content (AvgIpc) is 2.43. The number of amides is 1. The van der Waals surface area contributed by atoms with Gasteiger partial charge in [0, 0.05) is 19.0 Å². The van der Waals surface area contributed by atoms with Crippen LogP contribution >= 0.6 is 11.6 Å². The van der Waals surface area contributed by atoms with Crippen molar-refractivity contribution in [3.63, 3.8) is 0 Å². The summed E-state index contributed by atoms with van der Waals surface area (Å²) in [5, 5.41) is 9.38. The first-order valence-corrected chi connectivity index (χ1v) is 6.99. The number of piperidine rings is 1. The fourth-order valence-electron chi connectivity index (χ4n) is 2.63. The fraction of sp³-hybridized carbons (Fsp3) is 0.429. The number of hydrogen-bond donors (Lipinski definition) is 2. The van der Waals surface area contributed by atoms with Gasteiger partial charge in [-0.15, -0.1) is 0 Å². The molecule has 2 rings (SSSR count). The Balaban J connectivity index is 2.18. The van der Waals surface area contributed by atoms with E-state index < -0.39 is 17.8 Å². The Hall–Kier alpha value is -1.66. The number of carboxylic acids is 1. The molecule has 1 fully saturated rings. The maximum atomic E-state index is 13.5. The minimum Gasteiger partial charge on any atom is -0.480 e. The van der Waals surface area contributed by atoms with Gasteiger partial charge in [0.1, 0.15) is 11.9 Å². The number of aliphatic carboxylic acids is 1. The van der Waals surface area contributed by atoms with Gasteiger partial charge in [0.15, 0.2) is 0 Å². The molecular weight excluding hydrogens is 299 g/mol. The lowest BCUT2D eigenvalue weighted by Crippen LogP contribution is -2.42. The molecule has 0 spiro atoms. The summed E-state index contributed by atoms with van der Waals surface area (Å²) < 4.78 is 13.5. The first-order chi connectivity index (χ1) is 9.90. The molecule has 1 aromatic rings. The second-order valence-corrected chi connectivity index (χ2v) is 5.53. The van der Waals surface area contributed by atoms with E-state index in [1.165, 1.54) is 12.1 Å². The molecule has 3 N–H and O–H groups in total. The van der Waals surface area contributed by atoms with Crippen LogP contribution in [0.5, 0.6) is 0 Å². The van der Waals surface area contributed by atoms with Crippen molar-refractivity contribution >= 4 is 23.5 Å². The van der Waals surface area contributed by atoms with Crippen molar-refractivity contribution in [2.45, 2.75) is 18.9 Å². The zero-order chi connectivity index (χ0) is 15.6. The molecule has 1 saturated heterocycles. The summed E-state index contributed by atoms with van der Waals surface area (Å²) in [5.41, 5.74) is 5.59. The summed E-state index contributed by atoms with van der Waals surface area (Å²) in [5.74, 6) is -2.29. The van der Waals surface area contributed by atoms with Gasteiger partial charge in [-0.2, -0.15) is 0 Å². The number of halogens is 2. The van der Waals surface area contributed by atoms with Gasteiger partial charge in [0.05, 0.1) is 5.02 Å². The topological polar surface area (TPSA) is 83.6 Å². The fourth-order valence-corrected chi connectivity index (χ4v) is 2.75. The van der Waals surface area contributed by atoms with E-state index in [0.717, 1.165) is 6.07 Å². The third-order valence-corrected chi connectivity index (χ3v) is 4.10. The van der Waals surface area contributed by atoms with E-state index in [0.29, 0.717) is 31.5 Å². The van der Waals surface area contributed by atoms with Gasteiger partial charge >= 0.3 is 5.97 Å². The van der Waals surface area contributed by atoms with Crippen LogP contribution < -0.4 is 5.73 Å². The van der Waals surface area contributed by atoms with Crippen LogP contribution in [0.25, 0.3) is 0 Å². The van der Waals surface area contributed by atoms with E-state index in [9.17, 15) is 19.1 Å². The van der Waals surface area contributed by atoms with Gasteiger partial charge in [0.25, 0.3) is 0 Å². The summed E-state index contributed by atoms with van der Waals surface area (Å²) in [6, 6.07) is 3.04. The number of hydrogen-bond acceptors (Lipinski definition) is 3. The van der Waals surface area contributed by atoms with E-state index in [4.69, 9.17) is 17.3 Å². The van der Waals surface area contributed by atoms with E-state index in [2.05, 4.69) is 0 Å². The van der Waals surface area contributed by atoms with Crippen molar-refractivity contribution in [1.29, 1.82) is 0 Å². The number of primary amides is 1. The predicted octanol–water partition coefficient (Wildman–Crippen LogP) is 1.80. The molecule has 0 saturated carbocycles. The molecule has 1 amide bonds. The van der Waals surface area contributed by atoms with E-state index in [1.54, 1.807) is 4.90 Å². The number of benzene rings is 1. The lowest BCUT2D eigenvalue weighted by Gasteiger charge is -2.34. The summed E-state index contributed by atoms with van der Waals surface area (Å²) in [6.07, 6.45) is 1.02. The molecule has 0 unspecified atom stereocenters. The van der Waals surface area contributed by atoms with E-state index in [1.807, 2.05) is 0 Å². The summed E-state index contributed by atoms with van der Waals surface area (Å²) in [7, 11) is 0. The quantitative estimate of drug-likeness (QED) is 0.887. The van der Waals surface area contributed by atoms with Crippen LogP contribution in [0.2, 0.25) is 5.02 Å². The smallest absolute Gasteiger partial charge is 0.325 e. The highest BCUT2D eigenvalue weighted by Crippen LogP contribution is 2.29.